The van der Waals surface area contributed by atoms with E-state index in [0.29, 0.717) is 0 Å². The molecule has 0 bridgehead atoms. The lowest BCUT2D eigenvalue weighted by molar-refractivity contribution is 0.102. The fraction of sp³-hybridized carbons (Fsp3) is 0.167. The van der Waals surface area contributed by atoms with Crippen LogP contribution in [0, 0.1) is 5.82 Å². The lowest BCUT2D eigenvalue weighted by atomic mass is 10.2. The van der Waals surface area contributed by atoms with E-state index in [1.807, 2.05) is 0 Å². The molecule has 0 radical (unpaired) electrons. The van der Waals surface area contributed by atoms with Crippen molar-refractivity contribution in [3.05, 3.63) is 34.9 Å². The number of aromatic nitrogens is 3. The summed E-state index contributed by atoms with van der Waals surface area (Å²) in [6.45, 7) is 0. The van der Waals surface area contributed by atoms with Gasteiger partial charge >= 0.3 is 0 Å². The van der Waals surface area contributed by atoms with Crippen LogP contribution in [0.1, 0.15) is 10.4 Å². The van der Waals surface area contributed by atoms with Crippen LogP contribution in [-0.4, -0.2) is 35.1 Å². The van der Waals surface area contributed by atoms with Crippen LogP contribution in [-0.2, 0) is 0 Å². The molecule has 21 heavy (non-hydrogen) atoms. The van der Waals surface area contributed by atoms with Crippen molar-refractivity contribution in [2.24, 2.45) is 0 Å². The Labute approximate surface area is 124 Å². The van der Waals surface area contributed by atoms with Gasteiger partial charge in [0.1, 0.15) is 11.0 Å². The molecule has 0 saturated heterocycles. The molecule has 0 fully saturated rings. The summed E-state index contributed by atoms with van der Waals surface area (Å²) in [6.07, 6.45) is 0.907. The first-order valence-electron chi connectivity index (χ1n) is 5.63. The van der Waals surface area contributed by atoms with E-state index in [2.05, 4.69) is 20.3 Å². The first-order chi connectivity index (χ1) is 10.0. The van der Waals surface area contributed by atoms with Crippen LogP contribution >= 0.6 is 11.6 Å². The molecule has 0 aliphatic carbocycles. The number of carbonyl (C=O) groups is 1. The van der Waals surface area contributed by atoms with E-state index in [9.17, 15) is 9.18 Å². The molecule has 0 atom stereocenters. The Kier molecular flexibility index (Phi) is 4.49. The number of ether oxygens (including phenoxy) is 2. The van der Waals surface area contributed by atoms with Crippen LogP contribution in [0.3, 0.4) is 0 Å². The van der Waals surface area contributed by atoms with Crippen LogP contribution in [0.15, 0.2) is 18.3 Å². The van der Waals surface area contributed by atoms with Crippen molar-refractivity contribution in [2.45, 2.75) is 0 Å². The van der Waals surface area contributed by atoms with Gasteiger partial charge in [-0.2, -0.15) is 9.97 Å². The van der Waals surface area contributed by atoms with Gasteiger partial charge in [-0.05, 0) is 6.07 Å². The monoisotopic (exact) mass is 312 g/mol. The van der Waals surface area contributed by atoms with Crippen LogP contribution in [0.25, 0.3) is 0 Å². The highest BCUT2D eigenvalue weighted by molar-refractivity contribution is 6.33. The van der Waals surface area contributed by atoms with Gasteiger partial charge in [0.15, 0.2) is 0 Å². The van der Waals surface area contributed by atoms with Gasteiger partial charge in [-0.25, -0.2) is 9.37 Å². The molecule has 2 rings (SSSR count). The van der Waals surface area contributed by atoms with Crippen LogP contribution < -0.4 is 14.8 Å². The molecule has 2 heterocycles. The summed E-state index contributed by atoms with van der Waals surface area (Å²) in [4.78, 5) is 23.4. The Morgan fingerprint density at radius 2 is 1.86 bits per heavy atom. The average Bonchev–Trinajstić information content (AvgIpc) is 2.49. The van der Waals surface area contributed by atoms with Gasteiger partial charge in [-0.1, -0.05) is 11.6 Å². The maximum Gasteiger partial charge on any atom is 0.261 e. The molecule has 0 aliphatic rings. The van der Waals surface area contributed by atoms with Crippen molar-refractivity contribution in [2.75, 3.05) is 19.5 Å². The number of nitrogens with zero attached hydrogens (tertiary/aromatic N) is 3. The fourth-order valence-electron chi connectivity index (χ4n) is 1.42. The molecular weight excluding hydrogens is 303 g/mol. The molecule has 0 aliphatic heterocycles. The maximum absolute atomic E-state index is 13.1. The van der Waals surface area contributed by atoms with Crippen molar-refractivity contribution in [1.29, 1.82) is 0 Å². The van der Waals surface area contributed by atoms with Crippen molar-refractivity contribution in [3.63, 3.8) is 0 Å². The van der Waals surface area contributed by atoms with E-state index in [1.54, 1.807) is 0 Å². The minimum Gasteiger partial charge on any atom is -0.481 e. The summed E-state index contributed by atoms with van der Waals surface area (Å²) in [7, 11) is 2.81. The minimum atomic E-state index is -0.706. The van der Waals surface area contributed by atoms with Crippen molar-refractivity contribution >= 4 is 23.5 Å². The summed E-state index contributed by atoms with van der Waals surface area (Å²) in [6, 6.07) is 2.40. The topological polar surface area (TPSA) is 86.2 Å². The zero-order valence-electron chi connectivity index (χ0n) is 11.1. The second-order valence-electron chi connectivity index (χ2n) is 3.72. The smallest absolute Gasteiger partial charge is 0.261 e. The number of anilines is 1. The number of carbonyl (C=O) groups excluding carboxylic acids is 1. The molecule has 2 aromatic heterocycles. The van der Waals surface area contributed by atoms with E-state index >= 15 is 0 Å². The summed E-state index contributed by atoms with van der Waals surface area (Å²) in [5, 5.41) is 2.23. The highest BCUT2D eigenvalue weighted by atomic mass is 35.5. The Balaban J connectivity index is 2.28. The summed E-state index contributed by atoms with van der Waals surface area (Å²) >= 11 is 5.75. The van der Waals surface area contributed by atoms with Crippen molar-refractivity contribution in [1.82, 2.24) is 15.0 Å². The lowest BCUT2D eigenvalue weighted by Gasteiger charge is -2.08. The zero-order valence-corrected chi connectivity index (χ0v) is 11.8. The lowest BCUT2D eigenvalue weighted by Crippen LogP contribution is -2.16. The normalized spacial score (nSPS) is 10.1. The number of rotatable bonds is 4. The average molecular weight is 313 g/mol. The zero-order chi connectivity index (χ0) is 15.4. The molecular formula is C12H10ClFN4O3. The summed E-state index contributed by atoms with van der Waals surface area (Å²) in [5.41, 5.74) is -0.137. The third-order valence-corrected chi connectivity index (χ3v) is 2.67. The first-order valence-corrected chi connectivity index (χ1v) is 6.00. The Morgan fingerprint density at radius 3 is 2.43 bits per heavy atom. The highest BCUT2D eigenvalue weighted by Gasteiger charge is 2.15. The van der Waals surface area contributed by atoms with Gasteiger partial charge in [0.2, 0.25) is 17.7 Å². The second kappa shape index (κ2) is 6.31. The largest absolute Gasteiger partial charge is 0.481 e. The SMILES string of the molecule is COc1cc(OC)nc(NC(=O)c2cc(F)cnc2Cl)n1. The fourth-order valence-corrected chi connectivity index (χ4v) is 1.61. The van der Waals surface area contributed by atoms with Gasteiger partial charge in [0, 0.05) is 0 Å². The molecule has 1 amide bonds. The third-order valence-electron chi connectivity index (χ3n) is 2.37. The molecule has 0 saturated carbocycles. The Morgan fingerprint density at radius 1 is 1.24 bits per heavy atom. The van der Waals surface area contributed by atoms with Gasteiger partial charge in [0.25, 0.3) is 5.91 Å². The van der Waals surface area contributed by atoms with E-state index in [4.69, 9.17) is 21.1 Å². The molecule has 2 aromatic rings. The van der Waals surface area contributed by atoms with E-state index in [0.717, 1.165) is 12.3 Å². The van der Waals surface area contributed by atoms with Crippen LogP contribution in [0.2, 0.25) is 5.15 Å². The maximum atomic E-state index is 13.1. The molecule has 1 N–H and O–H groups in total. The second-order valence-corrected chi connectivity index (χ2v) is 4.08. The number of pyridine rings is 1. The number of methoxy groups -OCH3 is 2. The minimum absolute atomic E-state index is 0.0727. The van der Waals surface area contributed by atoms with Crippen molar-refractivity contribution in [3.8, 4) is 11.8 Å². The quantitative estimate of drug-likeness (QED) is 0.868. The molecule has 7 nitrogen and oxygen atoms in total. The van der Waals surface area contributed by atoms with Crippen molar-refractivity contribution < 1.29 is 18.7 Å². The van der Waals surface area contributed by atoms with E-state index in [1.165, 1.54) is 20.3 Å². The third kappa shape index (κ3) is 3.54. The van der Waals surface area contributed by atoms with Gasteiger partial charge in [0.05, 0.1) is 32.0 Å². The summed E-state index contributed by atoms with van der Waals surface area (Å²) in [5.74, 6) is -1.08. The predicted molar refractivity (Wildman–Crippen MR) is 72.3 cm³/mol. The first kappa shape index (κ1) is 14.9. The molecule has 110 valence electrons. The molecule has 0 aromatic carbocycles. The van der Waals surface area contributed by atoms with Crippen LogP contribution in [0.5, 0.6) is 11.8 Å². The molecule has 0 spiro atoms. The standard InChI is InChI=1S/C12H10ClFN4O3/c1-20-8-4-9(21-2)17-12(16-8)18-11(19)7-3-6(14)5-15-10(7)13/h3-5H,1-2H3,(H,16,17,18,19). The Bertz CT molecular complexity index is 661. The van der Waals surface area contributed by atoms with Gasteiger partial charge < -0.3 is 9.47 Å². The molecule has 9 heteroatoms. The van der Waals surface area contributed by atoms with Crippen LogP contribution in [0.4, 0.5) is 10.3 Å². The number of amides is 1. The number of hydrogen-bond acceptors (Lipinski definition) is 6. The number of hydrogen-bond donors (Lipinski definition) is 1. The summed E-state index contributed by atoms with van der Waals surface area (Å²) < 4.78 is 23.0. The highest BCUT2D eigenvalue weighted by Crippen LogP contribution is 2.19. The van der Waals surface area contributed by atoms with Gasteiger partial charge in [-0.3, -0.25) is 10.1 Å². The number of halogens is 2. The van der Waals surface area contributed by atoms with Gasteiger partial charge in [-0.15, -0.1) is 0 Å². The Hall–Kier alpha value is -2.48. The predicted octanol–water partition coefficient (Wildman–Crippen LogP) is 1.93. The van der Waals surface area contributed by atoms with E-state index in [-0.39, 0.29) is 28.4 Å². The van der Waals surface area contributed by atoms with E-state index < -0.39 is 11.7 Å². The molecule has 0 unspecified atom stereocenters. The number of nitrogens with one attached hydrogen (secondary N) is 1.